The van der Waals surface area contributed by atoms with Gasteiger partial charge in [0.2, 0.25) is 0 Å². The number of thiocarbonyl (C=S) groups is 1. The van der Waals surface area contributed by atoms with Gasteiger partial charge in [0.05, 0.1) is 17.3 Å². The Morgan fingerprint density at radius 3 is 2.42 bits per heavy atom. The van der Waals surface area contributed by atoms with E-state index in [1.165, 1.54) is 0 Å². The van der Waals surface area contributed by atoms with Crippen molar-refractivity contribution in [2.24, 2.45) is 0 Å². The lowest BCUT2D eigenvalue weighted by atomic mass is 10.0. The zero-order valence-electron chi connectivity index (χ0n) is 17.3. The Labute approximate surface area is 194 Å². The first-order valence-corrected chi connectivity index (χ1v) is 10.7. The topological polar surface area (TPSA) is 98.8 Å². The first-order chi connectivity index (χ1) is 16.0. The van der Waals surface area contributed by atoms with Crippen molar-refractivity contribution in [1.29, 1.82) is 0 Å². The molecule has 2 atom stereocenters. The number of phenolic OH excluding ortho intramolecular Hbond substituents is 1. The summed E-state index contributed by atoms with van der Waals surface area (Å²) in [5.41, 5.74) is 2.60. The summed E-state index contributed by atoms with van der Waals surface area (Å²) < 4.78 is 6.26. The highest BCUT2D eigenvalue weighted by molar-refractivity contribution is 7.80. The summed E-state index contributed by atoms with van der Waals surface area (Å²) in [6.45, 7) is 0. The number of nitrogens with zero attached hydrogens (tertiary/aromatic N) is 2. The third-order valence-corrected chi connectivity index (χ3v) is 5.88. The van der Waals surface area contributed by atoms with Gasteiger partial charge in [-0.05, 0) is 72.9 Å². The van der Waals surface area contributed by atoms with Crippen molar-refractivity contribution >= 4 is 29.0 Å². The Kier molecular flexibility index (Phi) is 5.27. The molecule has 164 valence electrons. The SMILES string of the molecule is O=C(O)c1ccc(-c2ccc([C@@H]3[C@H](c4ccccn4)NC(=S)N3c3ccc(O)cc3)o2)cc1. The number of aromatic nitrogens is 1. The summed E-state index contributed by atoms with van der Waals surface area (Å²) in [4.78, 5) is 17.6. The van der Waals surface area contributed by atoms with E-state index in [0.29, 0.717) is 16.6 Å². The number of aromatic hydroxyl groups is 1. The Balaban J connectivity index is 1.56. The maximum Gasteiger partial charge on any atom is 0.335 e. The fourth-order valence-electron chi connectivity index (χ4n) is 3.98. The van der Waals surface area contributed by atoms with E-state index >= 15 is 0 Å². The van der Waals surface area contributed by atoms with Gasteiger partial charge in [-0.3, -0.25) is 4.98 Å². The number of benzene rings is 2. The van der Waals surface area contributed by atoms with Crippen LogP contribution in [0.15, 0.2) is 89.5 Å². The smallest absolute Gasteiger partial charge is 0.335 e. The highest BCUT2D eigenvalue weighted by Gasteiger charge is 2.42. The van der Waals surface area contributed by atoms with E-state index in [4.69, 9.17) is 21.7 Å². The fraction of sp³-hybridized carbons (Fsp3) is 0.0800. The van der Waals surface area contributed by atoms with Crippen LogP contribution in [0, 0.1) is 0 Å². The standard InChI is InChI=1S/C25H19N3O4S/c29-18-10-8-17(9-11-18)28-23(22(27-25(28)33)19-3-1-2-14-26-19)21-13-12-20(32-21)15-4-6-16(7-5-15)24(30)31/h1-14,22-23,29H,(H,27,33)(H,30,31)/t22-,23+/m0/s1. The van der Waals surface area contributed by atoms with Gasteiger partial charge in [-0.25, -0.2) is 4.79 Å². The predicted molar refractivity (Wildman–Crippen MR) is 127 cm³/mol. The van der Waals surface area contributed by atoms with Crippen molar-refractivity contribution in [3.63, 3.8) is 0 Å². The Morgan fingerprint density at radius 1 is 1.00 bits per heavy atom. The van der Waals surface area contributed by atoms with Crippen LogP contribution in [0.4, 0.5) is 5.69 Å². The minimum atomic E-state index is -0.977. The first kappa shape index (κ1) is 20.7. The second-order valence-electron chi connectivity index (χ2n) is 7.60. The van der Waals surface area contributed by atoms with Gasteiger partial charge in [-0.1, -0.05) is 18.2 Å². The number of nitrogens with one attached hydrogen (secondary N) is 1. The fourth-order valence-corrected chi connectivity index (χ4v) is 4.33. The van der Waals surface area contributed by atoms with Crippen molar-refractivity contribution in [2.45, 2.75) is 12.1 Å². The largest absolute Gasteiger partial charge is 0.508 e. The zero-order chi connectivity index (χ0) is 22.9. The van der Waals surface area contributed by atoms with E-state index < -0.39 is 5.97 Å². The molecule has 3 N–H and O–H groups in total. The van der Waals surface area contributed by atoms with Crippen molar-refractivity contribution < 1.29 is 19.4 Å². The van der Waals surface area contributed by atoms with Gasteiger partial charge in [0.25, 0.3) is 0 Å². The van der Waals surface area contributed by atoms with Crippen LogP contribution >= 0.6 is 12.2 Å². The summed E-state index contributed by atoms with van der Waals surface area (Å²) >= 11 is 5.68. The molecular weight excluding hydrogens is 438 g/mol. The van der Waals surface area contributed by atoms with Gasteiger partial charge in [-0.2, -0.15) is 0 Å². The number of furan rings is 1. The van der Waals surface area contributed by atoms with Crippen molar-refractivity contribution in [2.75, 3.05) is 4.90 Å². The number of anilines is 1. The Hall–Kier alpha value is -4.17. The molecule has 0 bridgehead atoms. The maximum atomic E-state index is 11.2. The van der Waals surface area contributed by atoms with Crippen LogP contribution in [0.25, 0.3) is 11.3 Å². The monoisotopic (exact) mass is 457 g/mol. The maximum absolute atomic E-state index is 11.2. The highest BCUT2D eigenvalue weighted by atomic mass is 32.1. The second kappa shape index (κ2) is 8.40. The number of carbonyl (C=O) groups is 1. The molecule has 0 saturated carbocycles. The lowest BCUT2D eigenvalue weighted by Crippen LogP contribution is -2.29. The molecule has 0 unspecified atom stereocenters. The highest BCUT2D eigenvalue weighted by Crippen LogP contribution is 2.43. The second-order valence-corrected chi connectivity index (χ2v) is 7.98. The van der Waals surface area contributed by atoms with E-state index in [-0.39, 0.29) is 23.4 Å². The zero-order valence-corrected chi connectivity index (χ0v) is 18.1. The number of hydrogen-bond acceptors (Lipinski definition) is 5. The van der Waals surface area contributed by atoms with E-state index in [9.17, 15) is 9.90 Å². The van der Waals surface area contributed by atoms with E-state index in [1.807, 2.05) is 35.2 Å². The first-order valence-electron chi connectivity index (χ1n) is 10.2. The molecule has 8 heteroatoms. The summed E-state index contributed by atoms with van der Waals surface area (Å²) in [6, 6.07) is 22.2. The van der Waals surface area contributed by atoms with Crippen LogP contribution in [-0.2, 0) is 0 Å². The Morgan fingerprint density at radius 2 is 1.76 bits per heavy atom. The van der Waals surface area contributed by atoms with Gasteiger partial charge < -0.3 is 24.8 Å². The molecule has 5 rings (SSSR count). The lowest BCUT2D eigenvalue weighted by Gasteiger charge is -2.26. The van der Waals surface area contributed by atoms with Crippen LogP contribution in [0.1, 0.15) is 33.9 Å². The quantitative estimate of drug-likeness (QED) is 0.363. The summed E-state index contributed by atoms with van der Waals surface area (Å²) in [6.07, 6.45) is 1.73. The molecule has 1 aliphatic heterocycles. The molecule has 4 aromatic rings. The van der Waals surface area contributed by atoms with Crippen LogP contribution in [0.2, 0.25) is 0 Å². The third kappa shape index (κ3) is 3.92. The van der Waals surface area contributed by atoms with Gasteiger partial charge in [0.1, 0.15) is 23.3 Å². The summed E-state index contributed by atoms with van der Waals surface area (Å²) in [5, 5.41) is 22.7. The van der Waals surface area contributed by atoms with E-state index in [2.05, 4.69) is 10.3 Å². The number of pyridine rings is 1. The molecule has 3 heterocycles. The van der Waals surface area contributed by atoms with Crippen molar-refractivity contribution in [3.8, 4) is 17.1 Å². The number of carboxylic acids is 1. The molecule has 1 fully saturated rings. The molecule has 0 spiro atoms. The summed E-state index contributed by atoms with van der Waals surface area (Å²) in [7, 11) is 0. The van der Waals surface area contributed by atoms with Gasteiger partial charge in [0.15, 0.2) is 5.11 Å². The predicted octanol–water partition coefficient (Wildman–Crippen LogP) is 4.92. The molecule has 1 aliphatic rings. The molecule has 1 saturated heterocycles. The molecule has 0 aliphatic carbocycles. The van der Waals surface area contributed by atoms with Crippen molar-refractivity contribution in [1.82, 2.24) is 10.3 Å². The molecule has 2 aromatic carbocycles. The molecule has 0 radical (unpaired) electrons. The lowest BCUT2D eigenvalue weighted by molar-refractivity contribution is 0.0697. The van der Waals surface area contributed by atoms with Gasteiger partial charge in [0, 0.05) is 17.4 Å². The number of rotatable bonds is 5. The van der Waals surface area contributed by atoms with E-state index in [1.54, 1.807) is 54.7 Å². The number of carboxylic acid groups (broad SMARTS) is 1. The van der Waals surface area contributed by atoms with Crippen LogP contribution in [0.3, 0.4) is 0 Å². The van der Waals surface area contributed by atoms with Crippen LogP contribution in [-0.4, -0.2) is 26.3 Å². The van der Waals surface area contributed by atoms with Crippen LogP contribution < -0.4 is 10.2 Å². The minimum Gasteiger partial charge on any atom is -0.508 e. The number of hydrogen-bond donors (Lipinski definition) is 3. The van der Waals surface area contributed by atoms with Gasteiger partial charge >= 0.3 is 5.97 Å². The average Bonchev–Trinajstić information content (AvgIpc) is 3.45. The minimum absolute atomic E-state index is 0.166. The van der Waals surface area contributed by atoms with Crippen LogP contribution in [0.5, 0.6) is 5.75 Å². The molecule has 0 amide bonds. The molecule has 7 nitrogen and oxygen atoms in total. The van der Waals surface area contributed by atoms with Gasteiger partial charge in [-0.15, -0.1) is 0 Å². The third-order valence-electron chi connectivity index (χ3n) is 5.56. The summed E-state index contributed by atoms with van der Waals surface area (Å²) in [5.74, 6) is 0.475. The number of aromatic carboxylic acids is 1. The number of phenols is 1. The van der Waals surface area contributed by atoms with E-state index in [0.717, 1.165) is 16.9 Å². The Bertz CT molecular complexity index is 1300. The van der Waals surface area contributed by atoms with Crippen molar-refractivity contribution in [3.05, 3.63) is 102 Å². The normalized spacial score (nSPS) is 17.7. The average molecular weight is 458 g/mol. The molecular formula is C25H19N3O4S. The molecule has 2 aromatic heterocycles. The molecule has 33 heavy (non-hydrogen) atoms.